The van der Waals surface area contributed by atoms with Gasteiger partial charge in [0, 0.05) is 11.5 Å². The van der Waals surface area contributed by atoms with E-state index in [9.17, 15) is 4.79 Å². The Kier molecular flexibility index (Phi) is 3.72. The van der Waals surface area contributed by atoms with E-state index in [1.807, 2.05) is 0 Å². The van der Waals surface area contributed by atoms with E-state index in [2.05, 4.69) is 31.2 Å². The van der Waals surface area contributed by atoms with Crippen molar-refractivity contribution in [2.45, 2.75) is 57.8 Å². The Labute approximate surface area is 116 Å². The molecule has 19 heavy (non-hydrogen) atoms. The lowest BCUT2D eigenvalue weighted by atomic mass is 9.83. The number of ketones is 1. The van der Waals surface area contributed by atoms with E-state index in [0.29, 0.717) is 11.7 Å². The van der Waals surface area contributed by atoms with Crippen LogP contribution in [0.1, 0.15) is 73.7 Å². The summed E-state index contributed by atoms with van der Waals surface area (Å²) < 4.78 is 0. The van der Waals surface area contributed by atoms with Crippen molar-refractivity contribution in [3.05, 3.63) is 35.4 Å². The number of rotatable bonds is 4. The van der Waals surface area contributed by atoms with Crippen LogP contribution < -0.4 is 0 Å². The highest BCUT2D eigenvalue weighted by Gasteiger charge is 2.32. The molecule has 1 heteroatoms. The van der Waals surface area contributed by atoms with Gasteiger partial charge in [0.1, 0.15) is 0 Å². The summed E-state index contributed by atoms with van der Waals surface area (Å²) in [6.07, 6.45) is 9.26. The Bertz CT molecular complexity index is 435. The second-order valence-corrected chi connectivity index (χ2v) is 6.45. The van der Waals surface area contributed by atoms with Gasteiger partial charge in [-0.05, 0) is 43.1 Å². The van der Waals surface area contributed by atoms with Crippen LogP contribution in [0, 0.1) is 11.8 Å². The number of hydrogen-bond donors (Lipinski definition) is 0. The van der Waals surface area contributed by atoms with Gasteiger partial charge in [0.15, 0.2) is 5.78 Å². The second-order valence-electron chi connectivity index (χ2n) is 6.45. The van der Waals surface area contributed by atoms with Crippen molar-refractivity contribution in [1.82, 2.24) is 0 Å². The predicted molar refractivity (Wildman–Crippen MR) is 78.5 cm³/mol. The van der Waals surface area contributed by atoms with E-state index in [1.54, 1.807) is 0 Å². The normalized spacial score (nSPS) is 22.2. The number of carbonyl (C=O) groups excluding carboxylic acids is 1. The van der Waals surface area contributed by atoms with Crippen LogP contribution in [-0.2, 0) is 0 Å². The van der Waals surface area contributed by atoms with Crippen LogP contribution in [-0.4, -0.2) is 5.78 Å². The maximum atomic E-state index is 12.3. The van der Waals surface area contributed by atoms with Gasteiger partial charge in [-0.3, -0.25) is 4.79 Å². The van der Waals surface area contributed by atoms with Crippen molar-refractivity contribution in [3.8, 4) is 0 Å². The van der Waals surface area contributed by atoms with Gasteiger partial charge < -0.3 is 0 Å². The number of benzene rings is 1. The average molecular weight is 256 g/mol. The molecule has 102 valence electrons. The fourth-order valence-electron chi connectivity index (χ4n) is 3.43. The first-order valence-electron chi connectivity index (χ1n) is 7.90. The molecule has 0 saturated heterocycles. The zero-order chi connectivity index (χ0) is 13.2. The molecule has 2 aliphatic rings. The molecule has 0 amide bonds. The molecule has 1 unspecified atom stereocenters. The van der Waals surface area contributed by atoms with Gasteiger partial charge in [-0.25, -0.2) is 0 Å². The van der Waals surface area contributed by atoms with Crippen LogP contribution in [0.25, 0.3) is 0 Å². The van der Waals surface area contributed by atoms with Crippen LogP contribution in [0.15, 0.2) is 24.3 Å². The largest absolute Gasteiger partial charge is 0.294 e. The fourth-order valence-corrected chi connectivity index (χ4v) is 3.43. The summed E-state index contributed by atoms with van der Waals surface area (Å²) in [5.41, 5.74) is 2.36. The monoisotopic (exact) mass is 256 g/mol. The van der Waals surface area contributed by atoms with Gasteiger partial charge in [-0.15, -0.1) is 0 Å². The Morgan fingerprint density at radius 1 is 1.00 bits per heavy atom. The van der Waals surface area contributed by atoms with E-state index >= 15 is 0 Å². The van der Waals surface area contributed by atoms with Gasteiger partial charge in [0.25, 0.3) is 0 Å². The third-order valence-corrected chi connectivity index (χ3v) is 5.01. The van der Waals surface area contributed by atoms with Crippen LogP contribution in [0.3, 0.4) is 0 Å². The first-order chi connectivity index (χ1) is 9.25. The lowest BCUT2D eigenvalue weighted by Crippen LogP contribution is -2.13. The Morgan fingerprint density at radius 3 is 2.21 bits per heavy atom. The number of carbonyl (C=O) groups is 1. The summed E-state index contributed by atoms with van der Waals surface area (Å²) in [7, 11) is 0. The molecule has 0 radical (unpaired) electrons. The molecule has 0 bridgehead atoms. The first-order valence-corrected chi connectivity index (χ1v) is 7.90. The molecule has 1 atom stereocenters. The highest BCUT2D eigenvalue weighted by atomic mass is 16.1. The highest BCUT2D eigenvalue weighted by molar-refractivity contribution is 5.98. The lowest BCUT2D eigenvalue weighted by Gasteiger charge is -2.22. The topological polar surface area (TPSA) is 17.1 Å². The molecule has 2 saturated carbocycles. The first kappa shape index (κ1) is 12.9. The van der Waals surface area contributed by atoms with E-state index in [0.717, 1.165) is 11.5 Å². The van der Waals surface area contributed by atoms with E-state index < -0.39 is 0 Å². The van der Waals surface area contributed by atoms with Gasteiger partial charge in [-0.1, -0.05) is 50.5 Å². The fraction of sp³-hybridized carbons (Fsp3) is 0.611. The molecule has 1 nitrogen and oxygen atoms in total. The van der Waals surface area contributed by atoms with Crippen LogP contribution >= 0.6 is 0 Å². The van der Waals surface area contributed by atoms with Gasteiger partial charge in [-0.2, -0.15) is 0 Å². The Hall–Kier alpha value is -1.11. The maximum absolute atomic E-state index is 12.3. The molecule has 2 fully saturated rings. The second kappa shape index (κ2) is 5.48. The van der Waals surface area contributed by atoms with Gasteiger partial charge >= 0.3 is 0 Å². The average Bonchev–Trinajstić information content (AvgIpc) is 3.31. The minimum absolute atomic E-state index is 0.223. The van der Waals surface area contributed by atoms with E-state index in [4.69, 9.17) is 0 Å². The summed E-state index contributed by atoms with van der Waals surface area (Å²) >= 11 is 0. The molecule has 1 aromatic rings. The van der Waals surface area contributed by atoms with Crippen LogP contribution in [0.5, 0.6) is 0 Å². The molecule has 0 spiro atoms. The quantitative estimate of drug-likeness (QED) is 0.696. The van der Waals surface area contributed by atoms with Crippen LogP contribution in [0.4, 0.5) is 0 Å². The zero-order valence-electron chi connectivity index (χ0n) is 11.9. The maximum Gasteiger partial charge on any atom is 0.165 e. The molecular formula is C18H24O. The van der Waals surface area contributed by atoms with Crippen molar-refractivity contribution in [1.29, 1.82) is 0 Å². The smallest absolute Gasteiger partial charge is 0.165 e. The molecule has 3 rings (SSSR count). The minimum Gasteiger partial charge on any atom is -0.294 e. The van der Waals surface area contributed by atoms with Crippen molar-refractivity contribution < 1.29 is 4.79 Å². The standard InChI is InChI=1S/C18H24O/c1-13(14-7-8-14)18(19)17-11-9-16(10-12-17)15-5-3-2-4-6-15/h9-15H,2-8H2,1H3. The summed E-state index contributed by atoms with van der Waals surface area (Å²) in [5, 5.41) is 0. The minimum atomic E-state index is 0.223. The predicted octanol–water partition coefficient (Wildman–Crippen LogP) is 4.96. The molecular weight excluding hydrogens is 232 g/mol. The summed E-state index contributed by atoms with van der Waals surface area (Å²) in [6, 6.07) is 8.52. The molecule has 1 aromatic carbocycles. The lowest BCUT2D eigenvalue weighted by molar-refractivity contribution is 0.0916. The van der Waals surface area contributed by atoms with Crippen LogP contribution in [0.2, 0.25) is 0 Å². The number of Topliss-reactive ketones (excluding diaryl/α,β-unsaturated/α-hetero) is 1. The zero-order valence-corrected chi connectivity index (χ0v) is 11.9. The van der Waals surface area contributed by atoms with Crippen molar-refractivity contribution in [3.63, 3.8) is 0 Å². The van der Waals surface area contributed by atoms with E-state index in [1.165, 1.54) is 50.5 Å². The SMILES string of the molecule is CC(C(=O)c1ccc(C2CCCCC2)cc1)C1CC1. The van der Waals surface area contributed by atoms with Gasteiger partial charge in [0.05, 0.1) is 0 Å². The molecule has 0 aromatic heterocycles. The highest BCUT2D eigenvalue weighted by Crippen LogP contribution is 2.38. The van der Waals surface area contributed by atoms with E-state index in [-0.39, 0.29) is 5.92 Å². The number of hydrogen-bond acceptors (Lipinski definition) is 1. The van der Waals surface area contributed by atoms with Crippen molar-refractivity contribution in [2.75, 3.05) is 0 Å². The molecule has 0 heterocycles. The molecule has 0 N–H and O–H groups in total. The molecule has 2 aliphatic carbocycles. The Balaban J connectivity index is 1.69. The van der Waals surface area contributed by atoms with Gasteiger partial charge in [0.2, 0.25) is 0 Å². The molecule has 0 aliphatic heterocycles. The van der Waals surface area contributed by atoms with Crippen molar-refractivity contribution in [2.24, 2.45) is 11.8 Å². The third kappa shape index (κ3) is 2.91. The van der Waals surface area contributed by atoms with Crippen molar-refractivity contribution >= 4 is 5.78 Å². The third-order valence-electron chi connectivity index (χ3n) is 5.01. The summed E-state index contributed by atoms with van der Waals surface area (Å²) in [4.78, 5) is 12.3. The Morgan fingerprint density at radius 2 is 1.63 bits per heavy atom. The summed E-state index contributed by atoms with van der Waals surface area (Å²) in [5.74, 6) is 1.96. The summed E-state index contributed by atoms with van der Waals surface area (Å²) in [6.45, 7) is 2.09.